The van der Waals surface area contributed by atoms with Crippen LogP contribution in [0.25, 0.3) is 0 Å². The van der Waals surface area contributed by atoms with Crippen molar-refractivity contribution in [3.8, 4) is 17.2 Å². The lowest BCUT2D eigenvalue weighted by Gasteiger charge is -2.35. The SMILES string of the molecule is C=CCc1cc(C(=O)N2CCN(Cc3ccc4c(c3)CCO4)CC2)cc(OC)c1OC. The fourth-order valence-corrected chi connectivity index (χ4v) is 4.36. The van der Waals surface area contributed by atoms with Crippen LogP contribution in [-0.2, 0) is 19.4 Å². The molecule has 0 aromatic heterocycles. The van der Waals surface area contributed by atoms with Gasteiger partial charge < -0.3 is 19.1 Å². The number of carbonyl (C=O) groups excluding carboxylic acids is 1. The molecule has 0 unspecified atom stereocenters. The highest BCUT2D eigenvalue weighted by molar-refractivity contribution is 5.95. The Morgan fingerprint density at radius 1 is 1.13 bits per heavy atom. The van der Waals surface area contributed by atoms with Crippen molar-refractivity contribution in [3.63, 3.8) is 0 Å². The first-order valence-electron chi connectivity index (χ1n) is 10.7. The molecule has 1 saturated heterocycles. The Kier molecular flexibility index (Phi) is 6.47. The summed E-state index contributed by atoms with van der Waals surface area (Å²) in [6, 6.07) is 10.1. The number of rotatable bonds is 7. The zero-order valence-corrected chi connectivity index (χ0v) is 18.4. The molecule has 2 aromatic carbocycles. The van der Waals surface area contributed by atoms with Crippen molar-refractivity contribution in [1.82, 2.24) is 9.80 Å². The second kappa shape index (κ2) is 9.43. The molecule has 0 atom stereocenters. The Balaban J connectivity index is 1.41. The van der Waals surface area contributed by atoms with Crippen LogP contribution in [0.3, 0.4) is 0 Å². The molecule has 2 heterocycles. The molecule has 0 bridgehead atoms. The zero-order valence-electron chi connectivity index (χ0n) is 18.4. The number of piperazine rings is 1. The highest BCUT2D eigenvalue weighted by atomic mass is 16.5. The van der Waals surface area contributed by atoms with Crippen LogP contribution in [0, 0.1) is 0 Å². The minimum absolute atomic E-state index is 0.0283. The van der Waals surface area contributed by atoms with E-state index in [2.05, 4.69) is 29.7 Å². The van der Waals surface area contributed by atoms with Crippen molar-refractivity contribution in [3.05, 3.63) is 65.2 Å². The molecule has 0 aliphatic carbocycles. The fourth-order valence-electron chi connectivity index (χ4n) is 4.36. The first-order valence-corrected chi connectivity index (χ1v) is 10.7. The summed E-state index contributed by atoms with van der Waals surface area (Å²) in [5, 5.41) is 0. The normalized spacial score (nSPS) is 15.9. The quantitative estimate of drug-likeness (QED) is 0.641. The van der Waals surface area contributed by atoms with E-state index in [-0.39, 0.29) is 5.91 Å². The zero-order chi connectivity index (χ0) is 21.8. The van der Waals surface area contributed by atoms with E-state index < -0.39 is 0 Å². The minimum atomic E-state index is 0.0283. The van der Waals surface area contributed by atoms with E-state index in [9.17, 15) is 4.79 Å². The lowest BCUT2D eigenvalue weighted by atomic mass is 10.0. The van der Waals surface area contributed by atoms with Crippen LogP contribution in [0.2, 0.25) is 0 Å². The van der Waals surface area contributed by atoms with E-state index >= 15 is 0 Å². The summed E-state index contributed by atoms with van der Waals surface area (Å²) in [5.41, 5.74) is 4.13. The minimum Gasteiger partial charge on any atom is -0.493 e. The molecule has 31 heavy (non-hydrogen) atoms. The van der Waals surface area contributed by atoms with E-state index in [4.69, 9.17) is 14.2 Å². The largest absolute Gasteiger partial charge is 0.493 e. The molecule has 2 aromatic rings. The summed E-state index contributed by atoms with van der Waals surface area (Å²) < 4.78 is 16.6. The number of amides is 1. The predicted octanol–water partition coefficient (Wildman–Crippen LogP) is 3.33. The predicted molar refractivity (Wildman–Crippen MR) is 120 cm³/mol. The first kappa shape index (κ1) is 21.2. The Labute approximate surface area is 184 Å². The van der Waals surface area contributed by atoms with Gasteiger partial charge in [-0.2, -0.15) is 0 Å². The van der Waals surface area contributed by atoms with Crippen molar-refractivity contribution in [1.29, 1.82) is 0 Å². The van der Waals surface area contributed by atoms with Gasteiger partial charge in [0.25, 0.3) is 5.91 Å². The lowest BCUT2D eigenvalue weighted by molar-refractivity contribution is 0.0628. The molecule has 0 spiro atoms. The number of allylic oxidation sites excluding steroid dienone is 1. The van der Waals surface area contributed by atoms with Crippen LogP contribution in [-0.4, -0.2) is 62.7 Å². The lowest BCUT2D eigenvalue weighted by Crippen LogP contribution is -2.48. The van der Waals surface area contributed by atoms with Gasteiger partial charge in [-0.3, -0.25) is 9.69 Å². The third kappa shape index (κ3) is 4.54. The Bertz CT molecular complexity index is 964. The maximum Gasteiger partial charge on any atom is 0.254 e. The standard InChI is InChI=1S/C25H30N2O4/c1-4-5-20-15-21(16-23(29-2)24(20)30-3)25(28)27-11-9-26(10-12-27)17-18-6-7-22-19(14-18)8-13-31-22/h4,6-7,14-16H,1,5,8-13,17H2,2-3H3. The van der Waals surface area contributed by atoms with Gasteiger partial charge in [-0.15, -0.1) is 6.58 Å². The van der Waals surface area contributed by atoms with E-state index in [0.29, 0.717) is 36.6 Å². The summed E-state index contributed by atoms with van der Waals surface area (Å²) in [4.78, 5) is 17.5. The molecule has 0 saturated carbocycles. The summed E-state index contributed by atoms with van der Waals surface area (Å²) in [7, 11) is 3.20. The van der Waals surface area contributed by atoms with Crippen molar-refractivity contribution in [2.24, 2.45) is 0 Å². The highest BCUT2D eigenvalue weighted by Gasteiger charge is 2.24. The third-order valence-corrected chi connectivity index (χ3v) is 5.99. The van der Waals surface area contributed by atoms with E-state index in [1.807, 2.05) is 11.0 Å². The molecule has 4 rings (SSSR count). The Morgan fingerprint density at radius 3 is 2.65 bits per heavy atom. The van der Waals surface area contributed by atoms with Gasteiger partial charge in [0, 0.05) is 50.3 Å². The van der Waals surface area contributed by atoms with E-state index in [0.717, 1.165) is 44.0 Å². The van der Waals surface area contributed by atoms with Crippen LogP contribution in [0.5, 0.6) is 17.2 Å². The number of hydrogen-bond donors (Lipinski definition) is 0. The van der Waals surface area contributed by atoms with Crippen molar-refractivity contribution < 1.29 is 19.0 Å². The molecule has 2 aliphatic heterocycles. The second-order valence-electron chi connectivity index (χ2n) is 7.97. The van der Waals surface area contributed by atoms with Gasteiger partial charge in [0.1, 0.15) is 5.75 Å². The van der Waals surface area contributed by atoms with Crippen LogP contribution in [0.4, 0.5) is 0 Å². The number of benzene rings is 2. The third-order valence-electron chi connectivity index (χ3n) is 5.99. The Hall–Kier alpha value is -2.99. The molecule has 164 valence electrons. The molecular formula is C25H30N2O4. The van der Waals surface area contributed by atoms with Crippen LogP contribution in [0.1, 0.15) is 27.0 Å². The number of ether oxygens (including phenoxy) is 3. The van der Waals surface area contributed by atoms with Gasteiger partial charge >= 0.3 is 0 Å². The fraction of sp³-hybridized carbons (Fsp3) is 0.400. The molecule has 0 N–H and O–H groups in total. The smallest absolute Gasteiger partial charge is 0.254 e. The number of hydrogen-bond acceptors (Lipinski definition) is 5. The van der Waals surface area contributed by atoms with Gasteiger partial charge in [0.2, 0.25) is 0 Å². The van der Waals surface area contributed by atoms with Gasteiger partial charge in [-0.1, -0.05) is 18.2 Å². The number of nitrogens with zero attached hydrogens (tertiary/aromatic N) is 2. The number of fused-ring (bicyclic) bond motifs is 1. The summed E-state index contributed by atoms with van der Waals surface area (Å²) >= 11 is 0. The van der Waals surface area contributed by atoms with Crippen LogP contribution >= 0.6 is 0 Å². The summed E-state index contributed by atoms with van der Waals surface area (Å²) in [6.07, 6.45) is 3.40. The maximum absolute atomic E-state index is 13.2. The number of methoxy groups -OCH3 is 2. The first-order chi connectivity index (χ1) is 15.1. The molecule has 0 radical (unpaired) electrons. The van der Waals surface area contributed by atoms with Crippen molar-refractivity contribution in [2.45, 2.75) is 19.4 Å². The second-order valence-corrected chi connectivity index (χ2v) is 7.97. The highest BCUT2D eigenvalue weighted by Crippen LogP contribution is 2.34. The molecule has 1 amide bonds. The van der Waals surface area contributed by atoms with E-state index in [1.165, 1.54) is 11.1 Å². The molecule has 6 heteroatoms. The van der Waals surface area contributed by atoms with Gasteiger partial charge in [0.15, 0.2) is 11.5 Å². The Morgan fingerprint density at radius 2 is 1.94 bits per heavy atom. The van der Waals surface area contributed by atoms with E-state index in [1.54, 1.807) is 26.4 Å². The number of carbonyl (C=O) groups is 1. The topological polar surface area (TPSA) is 51.2 Å². The van der Waals surface area contributed by atoms with Gasteiger partial charge in [-0.25, -0.2) is 0 Å². The maximum atomic E-state index is 13.2. The van der Waals surface area contributed by atoms with Gasteiger partial charge in [-0.05, 0) is 35.7 Å². The van der Waals surface area contributed by atoms with Crippen molar-refractivity contribution in [2.75, 3.05) is 47.0 Å². The van der Waals surface area contributed by atoms with Gasteiger partial charge in [0.05, 0.1) is 20.8 Å². The summed E-state index contributed by atoms with van der Waals surface area (Å²) in [6.45, 7) is 8.61. The average molecular weight is 423 g/mol. The average Bonchev–Trinajstić information content (AvgIpc) is 3.26. The van der Waals surface area contributed by atoms with Crippen LogP contribution < -0.4 is 14.2 Å². The van der Waals surface area contributed by atoms with Crippen molar-refractivity contribution >= 4 is 5.91 Å². The van der Waals surface area contributed by atoms with Crippen LogP contribution in [0.15, 0.2) is 43.0 Å². The monoisotopic (exact) mass is 422 g/mol. The molecule has 6 nitrogen and oxygen atoms in total. The molecule has 1 fully saturated rings. The molecular weight excluding hydrogens is 392 g/mol. The molecule has 2 aliphatic rings. The summed E-state index contributed by atoms with van der Waals surface area (Å²) in [5.74, 6) is 2.28.